The van der Waals surface area contributed by atoms with E-state index in [1.165, 1.54) is 0 Å². The zero-order valence-corrected chi connectivity index (χ0v) is 28.5. The maximum atomic E-state index is 14.1. The Labute approximate surface area is 264 Å². The van der Waals surface area contributed by atoms with Gasteiger partial charge < -0.3 is 24.0 Å². The van der Waals surface area contributed by atoms with Crippen LogP contribution in [0.4, 0.5) is 4.79 Å². The molecule has 6 nitrogen and oxygen atoms in total. The van der Waals surface area contributed by atoms with Gasteiger partial charge in [0.05, 0.1) is 12.6 Å². The van der Waals surface area contributed by atoms with Crippen molar-refractivity contribution in [3.05, 3.63) is 120 Å². The van der Waals surface area contributed by atoms with Gasteiger partial charge in [0.15, 0.2) is 19.7 Å². The summed E-state index contributed by atoms with van der Waals surface area (Å²) in [5, 5.41) is 3.21. The predicted octanol–water partition coefficient (Wildman–Crippen LogP) is 8.58. The predicted molar refractivity (Wildman–Crippen MR) is 179 cm³/mol. The molecule has 236 valence electrons. The standard InChI is InChI=1S/C37H49NO5Si/c1-9-10-26-31(33-32(41-36(5,6)42-33)27-40-44(7,8)35(2,3)4)38-34(39)43-37(28-20-14-11-15-21-28,29-22-16-12-17-23-29)30-24-18-13-19-25-30/h10-26,31-33H,9,27H2,1-8H3,(H,38,39)/b26-10+/t31-,32+,33+/m1/s1. The quantitative estimate of drug-likeness (QED) is 0.133. The van der Waals surface area contributed by atoms with Gasteiger partial charge in [-0.15, -0.1) is 0 Å². The lowest BCUT2D eigenvalue weighted by molar-refractivity contribution is -0.149. The zero-order chi connectivity index (χ0) is 32.0. The number of ether oxygens (including phenoxy) is 3. The van der Waals surface area contributed by atoms with Gasteiger partial charge in [0.1, 0.15) is 12.2 Å². The van der Waals surface area contributed by atoms with Crippen molar-refractivity contribution in [2.45, 2.75) is 95.7 Å². The van der Waals surface area contributed by atoms with Crippen LogP contribution in [0.2, 0.25) is 18.1 Å². The topological polar surface area (TPSA) is 66.0 Å². The summed E-state index contributed by atoms with van der Waals surface area (Å²) in [6.07, 6.45) is 3.38. The van der Waals surface area contributed by atoms with E-state index in [0.717, 1.165) is 23.1 Å². The van der Waals surface area contributed by atoms with Crippen molar-refractivity contribution in [1.82, 2.24) is 5.32 Å². The van der Waals surface area contributed by atoms with E-state index in [2.05, 4.69) is 46.1 Å². The second-order valence-corrected chi connectivity index (χ2v) is 18.2. The van der Waals surface area contributed by atoms with Gasteiger partial charge in [0, 0.05) is 16.7 Å². The molecule has 3 aromatic carbocycles. The Bertz CT molecular complexity index is 1270. The summed E-state index contributed by atoms with van der Waals surface area (Å²) in [7, 11) is -2.05. The van der Waals surface area contributed by atoms with Gasteiger partial charge in [-0.25, -0.2) is 4.79 Å². The monoisotopic (exact) mass is 615 g/mol. The third-order valence-electron chi connectivity index (χ3n) is 8.64. The highest BCUT2D eigenvalue weighted by molar-refractivity contribution is 6.74. The first-order valence-corrected chi connectivity index (χ1v) is 18.5. The molecule has 0 aliphatic carbocycles. The number of nitrogens with one attached hydrogen (secondary N) is 1. The molecule has 1 saturated heterocycles. The lowest BCUT2D eigenvalue weighted by Gasteiger charge is -2.38. The number of rotatable bonds is 11. The summed E-state index contributed by atoms with van der Waals surface area (Å²) >= 11 is 0. The van der Waals surface area contributed by atoms with Crippen molar-refractivity contribution in [3.8, 4) is 0 Å². The SMILES string of the molecule is CC/C=C/[C@@H](NC(=O)OC(c1ccccc1)(c1ccccc1)c1ccccc1)[C@@H]1OC(C)(C)O[C@H]1CO[Si](C)(C)C(C)(C)C. The lowest BCUT2D eigenvalue weighted by Crippen LogP contribution is -2.51. The summed E-state index contributed by atoms with van der Waals surface area (Å²) in [6.45, 7) is 17.3. The molecule has 1 aliphatic heterocycles. The smallest absolute Gasteiger partial charge is 0.409 e. The molecule has 0 saturated carbocycles. The van der Waals surface area contributed by atoms with Gasteiger partial charge in [-0.2, -0.15) is 0 Å². The van der Waals surface area contributed by atoms with Crippen molar-refractivity contribution in [3.63, 3.8) is 0 Å². The average Bonchev–Trinajstić information content (AvgIpc) is 3.32. The first-order chi connectivity index (χ1) is 20.8. The van der Waals surface area contributed by atoms with E-state index in [4.69, 9.17) is 18.6 Å². The molecule has 1 N–H and O–H groups in total. The highest BCUT2D eigenvalue weighted by Gasteiger charge is 2.48. The van der Waals surface area contributed by atoms with E-state index >= 15 is 0 Å². The van der Waals surface area contributed by atoms with E-state index in [1.54, 1.807) is 0 Å². The Hall–Kier alpha value is -3.23. The van der Waals surface area contributed by atoms with Crippen LogP contribution >= 0.6 is 0 Å². The molecular weight excluding hydrogens is 566 g/mol. The van der Waals surface area contributed by atoms with Crippen LogP contribution < -0.4 is 5.32 Å². The van der Waals surface area contributed by atoms with Gasteiger partial charge in [0.2, 0.25) is 0 Å². The fraction of sp³-hybridized carbons (Fsp3) is 0.432. The molecule has 4 rings (SSSR count). The Morgan fingerprint density at radius 1 is 0.886 bits per heavy atom. The van der Waals surface area contributed by atoms with Gasteiger partial charge in [-0.05, 0) is 38.4 Å². The Kier molecular flexibility index (Phi) is 10.6. The van der Waals surface area contributed by atoms with Crippen molar-refractivity contribution in [1.29, 1.82) is 0 Å². The van der Waals surface area contributed by atoms with Crippen LogP contribution in [0, 0.1) is 0 Å². The number of alkyl carbamates (subject to hydrolysis) is 1. The minimum Gasteiger partial charge on any atom is -0.428 e. The molecule has 0 bridgehead atoms. The highest BCUT2D eigenvalue weighted by atomic mass is 28.4. The molecule has 3 atom stereocenters. The Morgan fingerprint density at radius 2 is 1.36 bits per heavy atom. The number of carbonyl (C=O) groups excluding carboxylic acids is 1. The number of allylic oxidation sites excluding steroid dienone is 1. The van der Waals surface area contributed by atoms with Crippen LogP contribution in [0.15, 0.2) is 103 Å². The van der Waals surface area contributed by atoms with Crippen LogP contribution in [0.5, 0.6) is 0 Å². The molecule has 3 aromatic rings. The maximum Gasteiger partial charge on any atom is 0.409 e. The number of hydrogen-bond donors (Lipinski definition) is 1. The van der Waals surface area contributed by atoms with E-state index < -0.39 is 37.9 Å². The summed E-state index contributed by atoms with van der Waals surface area (Å²) in [6, 6.07) is 29.1. The minimum atomic E-state index is -2.05. The van der Waals surface area contributed by atoms with Crippen LogP contribution in [-0.4, -0.2) is 45.1 Å². The summed E-state index contributed by atoms with van der Waals surface area (Å²) in [5.41, 5.74) is 1.34. The van der Waals surface area contributed by atoms with Crippen LogP contribution in [0.3, 0.4) is 0 Å². The molecule has 1 fully saturated rings. The number of benzene rings is 3. The third kappa shape index (κ3) is 7.70. The first-order valence-electron chi connectivity index (χ1n) is 15.6. The third-order valence-corrected chi connectivity index (χ3v) is 13.1. The summed E-state index contributed by atoms with van der Waals surface area (Å²) in [5.74, 6) is -0.835. The minimum absolute atomic E-state index is 0.0523. The molecule has 1 amide bonds. The molecule has 1 aliphatic rings. The summed E-state index contributed by atoms with van der Waals surface area (Å²) < 4.78 is 26.0. The summed E-state index contributed by atoms with van der Waals surface area (Å²) in [4.78, 5) is 14.1. The maximum absolute atomic E-state index is 14.1. The van der Waals surface area contributed by atoms with Gasteiger partial charge in [-0.1, -0.05) is 131 Å². The van der Waals surface area contributed by atoms with Crippen molar-refractivity contribution in [2.24, 2.45) is 0 Å². The van der Waals surface area contributed by atoms with Gasteiger partial charge in [-0.3, -0.25) is 0 Å². The van der Waals surface area contributed by atoms with E-state index in [9.17, 15) is 4.79 Å². The molecule has 7 heteroatoms. The second kappa shape index (κ2) is 13.8. The van der Waals surface area contributed by atoms with Crippen LogP contribution in [-0.2, 0) is 24.2 Å². The number of amides is 1. The molecule has 44 heavy (non-hydrogen) atoms. The molecule has 0 unspecified atom stereocenters. The molecule has 0 spiro atoms. The fourth-order valence-electron chi connectivity index (χ4n) is 5.33. The molecular formula is C37H49NO5Si. The van der Waals surface area contributed by atoms with Crippen LogP contribution in [0.25, 0.3) is 0 Å². The second-order valence-electron chi connectivity index (χ2n) is 13.4. The molecule has 0 radical (unpaired) electrons. The Balaban J connectivity index is 1.69. The van der Waals surface area contributed by atoms with Crippen LogP contribution in [0.1, 0.15) is 64.7 Å². The molecule has 1 heterocycles. The van der Waals surface area contributed by atoms with Crippen molar-refractivity contribution < 1.29 is 23.4 Å². The highest BCUT2D eigenvalue weighted by Crippen LogP contribution is 2.41. The van der Waals surface area contributed by atoms with Gasteiger partial charge >= 0.3 is 6.09 Å². The van der Waals surface area contributed by atoms with Gasteiger partial charge in [0.25, 0.3) is 0 Å². The fourth-order valence-corrected chi connectivity index (χ4v) is 6.34. The number of hydrogen-bond acceptors (Lipinski definition) is 5. The van der Waals surface area contributed by atoms with E-state index in [1.807, 2.05) is 117 Å². The Morgan fingerprint density at radius 3 is 1.80 bits per heavy atom. The largest absolute Gasteiger partial charge is 0.428 e. The van der Waals surface area contributed by atoms with E-state index in [0.29, 0.717) is 6.61 Å². The average molecular weight is 616 g/mol. The van der Waals surface area contributed by atoms with E-state index in [-0.39, 0.29) is 11.1 Å². The number of carbonyl (C=O) groups is 1. The lowest BCUT2D eigenvalue weighted by atomic mass is 9.80. The van der Waals surface area contributed by atoms with Crippen molar-refractivity contribution in [2.75, 3.05) is 6.61 Å². The molecule has 0 aromatic heterocycles. The zero-order valence-electron chi connectivity index (χ0n) is 27.5. The normalized spacial score (nSPS) is 19.5. The van der Waals surface area contributed by atoms with Crippen molar-refractivity contribution >= 4 is 14.4 Å². The first kappa shape index (κ1) is 33.7.